The first kappa shape index (κ1) is 13.8. The summed E-state index contributed by atoms with van der Waals surface area (Å²) < 4.78 is 15.6. The number of carbonyl (C=O) groups excluding carboxylic acids is 1. The number of hydrogen-bond donors (Lipinski definition) is 2. The van der Waals surface area contributed by atoms with Gasteiger partial charge in [-0.15, -0.1) is 0 Å². The zero-order valence-electron chi connectivity index (χ0n) is 11.6. The highest BCUT2D eigenvalue weighted by molar-refractivity contribution is 5.92. The number of hydrogen-bond acceptors (Lipinski definition) is 3. The highest BCUT2D eigenvalue weighted by atomic mass is 19.1. The number of carbonyl (C=O) groups is 1. The number of benzene rings is 1. The van der Waals surface area contributed by atoms with Gasteiger partial charge in [0.1, 0.15) is 5.82 Å². The molecule has 0 bridgehead atoms. The molecular weight excluding hydrogens is 271 g/mol. The molecule has 5 nitrogen and oxygen atoms in total. The lowest BCUT2D eigenvalue weighted by Crippen LogP contribution is -2.29. The van der Waals surface area contributed by atoms with E-state index < -0.39 is 5.82 Å². The molecule has 1 aromatic carbocycles. The summed E-state index contributed by atoms with van der Waals surface area (Å²) in [5.74, 6) is 0.159. The van der Waals surface area contributed by atoms with Crippen LogP contribution in [0.1, 0.15) is 12.8 Å². The second-order valence-electron chi connectivity index (χ2n) is 5.26. The minimum Gasteiger partial charge on any atom is -0.325 e. The van der Waals surface area contributed by atoms with Gasteiger partial charge >= 0.3 is 0 Å². The van der Waals surface area contributed by atoms with E-state index in [-0.39, 0.29) is 12.5 Å². The van der Waals surface area contributed by atoms with Gasteiger partial charge in [-0.1, -0.05) is 0 Å². The summed E-state index contributed by atoms with van der Waals surface area (Å²) in [5.41, 5.74) is 0.854. The molecule has 21 heavy (non-hydrogen) atoms. The van der Waals surface area contributed by atoms with Crippen LogP contribution in [0.3, 0.4) is 0 Å². The molecule has 3 rings (SSSR count). The number of imidazole rings is 1. The van der Waals surface area contributed by atoms with Crippen LogP contribution in [-0.2, 0) is 4.79 Å². The molecule has 110 valence electrons. The summed E-state index contributed by atoms with van der Waals surface area (Å²) in [4.78, 5) is 15.6. The fraction of sp³-hybridized carbons (Fsp3) is 0.333. The third-order valence-corrected chi connectivity index (χ3v) is 3.43. The van der Waals surface area contributed by atoms with Crippen molar-refractivity contribution in [2.75, 3.05) is 18.4 Å². The molecule has 0 radical (unpaired) electrons. The molecule has 2 aromatic rings. The molecule has 2 N–H and O–H groups in total. The average Bonchev–Trinajstić information content (AvgIpc) is 3.11. The van der Waals surface area contributed by atoms with E-state index in [1.807, 2.05) is 0 Å². The largest absolute Gasteiger partial charge is 0.325 e. The number of halogens is 1. The van der Waals surface area contributed by atoms with Gasteiger partial charge in [-0.2, -0.15) is 0 Å². The van der Waals surface area contributed by atoms with Gasteiger partial charge in [-0.25, -0.2) is 9.37 Å². The molecule has 1 amide bonds. The molecule has 1 fully saturated rings. The molecule has 0 atom stereocenters. The second kappa shape index (κ2) is 6.05. The van der Waals surface area contributed by atoms with Crippen LogP contribution in [0, 0.1) is 11.7 Å². The highest BCUT2D eigenvalue weighted by Crippen LogP contribution is 2.27. The average molecular weight is 288 g/mol. The van der Waals surface area contributed by atoms with Gasteiger partial charge in [0.15, 0.2) is 0 Å². The van der Waals surface area contributed by atoms with E-state index in [0.717, 1.165) is 12.5 Å². The fourth-order valence-corrected chi connectivity index (χ4v) is 2.11. The first-order chi connectivity index (χ1) is 10.2. The van der Waals surface area contributed by atoms with E-state index in [1.54, 1.807) is 29.1 Å². The van der Waals surface area contributed by atoms with Crippen molar-refractivity contribution < 1.29 is 9.18 Å². The van der Waals surface area contributed by atoms with Crippen LogP contribution in [0.2, 0.25) is 0 Å². The normalized spacial score (nSPS) is 14.1. The van der Waals surface area contributed by atoms with Crippen LogP contribution in [0.15, 0.2) is 36.9 Å². The molecule has 1 aliphatic rings. The Hall–Kier alpha value is -2.21. The zero-order chi connectivity index (χ0) is 14.7. The van der Waals surface area contributed by atoms with Crippen LogP contribution in [0.4, 0.5) is 10.1 Å². The number of nitrogens with zero attached hydrogens (tertiary/aromatic N) is 2. The third kappa shape index (κ3) is 3.66. The summed E-state index contributed by atoms with van der Waals surface area (Å²) in [6.45, 7) is 1.13. The van der Waals surface area contributed by atoms with Gasteiger partial charge in [0.2, 0.25) is 5.91 Å². The van der Waals surface area contributed by atoms with Gasteiger partial charge in [0.05, 0.1) is 18.6 Å². The molecule has 1 heterocycles. The molecule has 1 saturated carbocycles. The topological polar surface area (TPSA) is 59.0 Å². The first-order valence-corrected chi connectivity index (χ1v) is 7.01. The maximum Gasteiger partial charge on any atom is 0.238 e. The number of anilines is 1. The molecule has 0 saturated heterocycles. The van der Waals surface area contributed by atoms with E-state index >= 15 is 0 Å². The monoisotopic (exact) mass is 288 g/mol. The molecule has 0 unspecified atom stereocenters. The van der Waals surface area contributed by atoms with Gasteiger partial charge in [0, 0.05) is 18.1 Å². The smallest absolute Gasteiger partial charge is 0.238 e. The van der Waals surface area contributed by atoms with Crippen LogP contribution in [-0.4, -0.2) is 28.5 Å². The Labute approximate surface area is 122 Å². The number of amides is 1. The van der Waals surface area contributed by atoms with Crippen molar-refractivity contribution in [3.8, 4) is 5.69 Å². The number of aromatic nitrogens is 2. The van der Waals surface area contributed by atoms with E-state index in [9.17, 15) is 9.18 Å². The zero-order valence-corrected chi connectivity index (χ0v) is 11.6. The standard InChI is InChI=1S/C15H17FN4O/c16-13-7-12(3-4-14(13)20-6-5-17-10-20)19-15(21)9-18-8-11-1-2-11/h3-7,10-11,18H,1-2,8-9H2,(H,19,21). The van der Waals surface area contributed by atoms with E-state index in [1.165, 1.54) is 25.2 Å². The van der Waals surface area contributed by atoms with E-state index in [2.05, 4.69) is 15.6 Å². The number of rotatable bonds is 6. The molecular formula is C15H17FN4O. The molecule has 6 heteroatoms. The SMILES string of the molecule is O=C(CNCC1CC1)Nc1ccc(-n2ccnc2)c(F)c1. The Kier molecular flexibility index (Phi) is 3.96. The van der Waals surface area contributed by atoms with Crippen molar-refractivity contribution in [1.29, 1.82) is 0 Å². The van der Waals surface area contributed by atoms with E-state index in [4.69, 9.17) is 0 Å². The summed E-state index contributed by atoms with van der Waals surface area (Å²) in [5, 5.41) is 5.78. The van der Waals surface area contributed by atoms with Crippen LogP contribution in [0.5, 0.6) is 0 Å². The van der Waals surface area contributed by atoms with Crippen LogP contribution < -0.4 is 10.6 Å². The van der Waals surface area contributed by atoms with Crippen molar-refractivity contribution in [2.24, 2.45) is 5.92 Å². The van der Waals surface area contributed by atoms with E-state index in [0.29, 0.717) is 11.4 Å². The molecule has 0 aliphatic heterocycles. The number of nitrogens with one attached hydrogen (secondary N) is 2. The van der Waals surface area contributed by atoms with Crippen molar-refractivity contribution in [3.05, 3.63) is 42.7 Å². The highest BCUT2D eigenvalue weighted by Gasteiger charge is 2.20. The molecule has 1 aliphatic carbocycles. The molecule has 0 spiro atoms. The first-order valence-electron chi connectivity index (χ1n) is 7.01. The minimum atomic E-state index is -0.406. The summed E-state index contributed by atoms with van der Waals surface area (Å²) in [6, 6.07) is 4.61. The van der Waals surface area contributed by atoms with Gasteiger partial charge < -0.3 is 15.2 Å². The Morgan fingerprint density at radius 3 is 2.95 bits per heavy atom. The van der Waals surface area contributed by atoms with Crippen molar-refractivity contribution in [3.63, 3.8) is 0 Å². The Balaban J connectivity index is 1.58. The van der Waals surface area contributed by atoms with Crippen molar-refractivity contribution >= 4 is 11.6 Å². The quantitative estimate of drug-likeness (QED) is 0.854. The van der Waals surface area contributed by atoms with Gasteiger partial charge in [-0.3, -0.25) is 4.79 Å². The predicted octanol–water partition coefficient (Wildman–Crippen LogP) is 1.95. The summed E-state index contributed by atoms with van der Waals surface area (Å²) >= 11 is 0. The van der Waals surface area contributed by atoms with Crippen molar-refractivity contribution in [1.82, 2.24) is 14.9 Å². The lowest BCUT2D eigenvalue weighted by molar-refractivity contribution is -0.115. The van der Waals surface area contributed by atoms with Crippen molar-refractivity contribution in [2.45, 2.75) is 12.8 Å². The summed E-state index contributed by atoms with van der Waals surface area (Å²) in [6.07, 6.45) is 7.27. The van der Waals surface area contributed by atoms with Crippen LogP contribution in [0.25, 0.3) is 5.69 Å². The fourth-order valence-electron chi connectivity index (χ4n) is 2.11. The second-order valence-corrected chi connectivity index (χ2v) is 5.26. The lowest BCUT2D eigenvalue weighted by atomic mass is 10.2. The molecule has 1 aromatic heterocycles. The van der Waals surface area contributed by atoms with Gasteiger partial charge in [0.25, 0.3) is 0 Å². The maximum atomic E-state index is 14.0. The maximum absolute atomic E-state index is 14.0. The third-order valence-electron chi connectivity index (χ3n) is 3.43. The van der Waals surface area contributed by atoms with Gasteiger partial charge in [-0.05, 0) is 43.5 Å². The van der Waals surface area contributed by atoms with Crippen LogP contribution >= 0.6 is 0 Å². The predicted molar refractivity (Wildman–Crippen MR) is 77.7 cm³/mol. The lowest BCUT2D eigenvalue weighted by Gasteiger charge is -2.09. The Morgan fingerprint density at radius 2 is 2.29 bits per heavy atom. The Bertz CT molecular complexity index is 623. The Morgan fingerprint density at radius 1 is 1.43 bits per heavy atom. The summed E-state index contributed by atoms with van der Waals surface area (Å²) in [7, 11) is 0. The minimum absolute atomic E-state index is 0.162.